The van der Waals surface area contributed by atoms with E-state index in [-0.39, 0.29) is 16.8 Å². The van der Waals surface area contributed by atoms with Gasteiger partial charge in [0, 0.05) is 28.8 Å². The van der Waals surface area contributed by atoms with E-state index in [1.807, 2.05) is 0 Å². The fourth-order valence-electron chi connectivity index (χ4n) is 3.66. The third-order valence-corrected chi connectivity index (χ3v) is 5.74. The minimum absolute atomic E-state index is 0.0784. The van der Waals surface area contributed by atoms with Crippen LogP contribution in [0.3, 0.4) is 0 Å². The highest BCUT2D eigenvalue weighted by atomic mass is 32.2. The molecule has 1 saturated carbocycles. The van der Waals surface area contributed by atoms with Gasteiger partial charge in [-0.3, -0.25) is 9.36 Å². The molecule has 1 atom stereocenters. The number of pyridine rings is 1. The number of hydrogen-bond donors (Lipinski definition) is 0. The Balaban J connectivity index is 2.02. The van der Waals surface area contributed by atoms with E-state index in [9.17, 15) is 22.5 Å². The zero-order chi connectivity index (χ0) is 20.9. The predicted molar refractivity (Wildman–Crippen MR) is 96.7 cm³/mol. The molecule has 3 aromatic heterocycles. The lowest BCUT2D eigenvalue weighted by Gasteiger charge is -2.19. The first-order chi connectivity index (χ1) is 13.7. The molecule has 3 heterocycles. The Morgan fingerprint density at radius 2 is 1.97 bits per heavy atom. The van der Waals surface area contributed by atoms with Crippen LogP contribution in [0.1, 0.15) is 43.2 Å². The Bertz CT molecular complexity index is 1140. The molecule has 0 radical (unpaired) electrons. The molecule has 0 bridgehead atoms. The third-order valence-electron chi connectivity index (χ3n) is 5.03. The molecule has 1 aliphatic rings. The molecule has 0 N–H and O–H groups in total. The molecular weight excluding hydrogens is 411 g/mol. The van der Waals surface area contributed by atoms with Gasteiger partial charge in [-0.25, -0.2) is 0 Å². The lowest BCUT2D eigenvalue weighted by atomic mass is 10.1. The molecule has 0 saturated heterocycles. The van der Waals surface area contributed by atoms with Gasteiger partial charge in [-0.1, -0.05) is 18.0 Å². The summed E-state index contributed by atoms with van der Waals surface area (Å²) in [6.45, 7) is 1.56. The molecule has 0 aliphatic heterocycles. The summed E-state index contributed by atoms with van der Waals surface area (Å²) in [5, 5.41) is 3.92. The third kappa shape index (κ3) is 3.39. The number of halogens is 3. The quantitative estimate of drug-likeness (QED) is 0.467. The van der Waals surface area contributed by atoms with Crippen LogP contribution >= 0.6 is 0 Å². The van der Waals surface area contributed by atoms with Gasteiger partial charge in [0.05, 0.1) is 5.56 Å². The summed E-state index contributed by atoms with van der Waals surface area (Å²) >= 11 is -1.46. The first kappa shape index (κ1) is 19.8. The van der Waals surface area contributed by atoms with Crippen molar-refractivity contribution in [2.45, 2.75) is 50.0 Å². The number of rotatable bonds is 3. The first-order valence-corrected chi connectivity index (χ1v) is 10.4. The fraction of sp³-hybridized carbons (Fsp3) is 0.471. The van der Waals surface area contributed by atoms with Crippen molar-refractivity contribution in [2.75, 3.05) is 6.26 Å². The van der Waals surface area contributed by atoms with Crippen LogP contribution in [0.2, 0.25) is 0 Å². The Kier molecular flexibility index (Phi) is 4.85. The highest BCUT2D eigenvalue weighted by Crippen LogP contribution is 2.34. The average molecular weight is 427 g/mol. The van der Waals surface area contributed by atoms with Gasteiger partial charge in [0.15, 0.2) is 5.65 Å². The maximum absolute atomic E-state index is 13.4. The van der Waals surface area contributed by atoms with Crippen molar-refractivity contribution in [3.63, 3.8) is 0 Å². The second-order valence-electron chi connectivity index (χ2n) is 6.88. The van der Waals surface area contributed by atoms with Crippen LogP contribution in [0.4, 0.5) is 13.2 Å². The van der Waals surface area contributed by atoms with E-state index in [0.29, 0.717) is 16.6 Å². The average Bonchev–Trinajstić information content (AvgIpc) is 3.33. The topological polar surface area (TPSA) is 110 Å². The highest BCUT2D eigenvalue weighted by Gasteiger charge is 2.39. The molecule has 154 valence electrons. The van der Waals surface area contributed by atoms with Crippen LogP contribution in [0.5, 0.6) is 0 Å². The minimum Gasteiger partial charge on any atom is -0.609 e. The summed E-state index contributed by atoms with van der Waals surface area (Å²) in [6, 6.07) is -0.175. The van der Waals surface area contributed by atoms with Crippen LogP contribution < -0.4 is 5.56 Å². The lowest BCUT2D eigenvalue weighted by Crippen LogP contribution is -2.28. The first-order valence-electron chi connectivity index (χ1n) is 8.85. The van der Waals surface area contributed by atoms with E-state index in [2.05, 4.69) is 24.6 Å². The van der Waals surface area contributed by atoms with Gasteiger partial charge >= 0.3 is 17.2 Å². The Morgan fingerprint density at radius 1 is 1.28 bits per heavy atom. The van der Waals surface area contributed by atoms with Crippen molar-refractivity contribution in [3.05, 3.63) is 28.0 Å². The molecule has 29 heavy (non-hydrogen) atoms. The Morgan fingerprint density at radius 3 is 2.55 bits per heavy atom. The van der Waals surface area contributed by atoms with Crippen LogP contribution in [-0.2, 0) is 17.4 Å². The molecule has 0 spiro atoms. The molecule has 1 unspecified atom stereocenters. The predicted octanol–water partition coefficient (Wildman–Crippen LogP) is 3.02. The second-order valence-corrected chi connectivity index (χ2v) is 8.15. The van der Waals surface area contributed by atoms with Crippen molar-refractivity contribution >= 4 is 22.2 Å². The van der Waals surface area contributed by atoms with E-state index < -0.39 is 34.6 Å². The summed E-state index contributed by atoms with van der Waals surface area (Å²) in [5.74, 6) is -1.96. The number of alkyl halides is 3. The van der Waals surface area contributed by atoms with Gasteiger partial charge in [0.25, 0.3) is 5.56 Å². The van der Waals surface area contributed by atoms with Gasteiger partial charge in [0.2, 0.25) is 5.82 Å². The molecular formula is C17H16F3N5O3S. The van der Waals surface area contributed by atoms with Crippen molar-refractivity contribution in [1.29, 1.82) is 0 Å². The lowest BCUT2D eigenvalue weighted by molar-refractivity contribution is -0.159. The van der Waals surface area contributed by atoms with E-state index in [0.717, 1.165) is 25.7 Å². The highest BCUT2D eigenvalue weighted by molar-refractivity contribution is 7.90. The summed E-state index contributed by atoms with van der Waals surface area (Å²) in [6.07, 6.45) is 1.33. The Hall–Kier alpha value is -2.47. The van der Waals surface area contributed by atoms with Crippen LogP contribution in [-0.4, -0.2) is 35.5 Å². The van der Waals surface area contributed by atoms with E-state index in [1.54, 1.807) is 6.92 Å². The summed E-state index contributed by atoms with van der Waals surface area (Å²) in [5.41, 5.74) is 0.00526. The Labute approximate surface area is 165 Å². The zero-order valence-electron chi connectivity index (χ0n) is 15.5. The minimum atomic E-state index is -4.82. The SMILES string of the molecule is Cc1c(-c2noc(C(F)(F)F)n2)c(=O)n(C2CCCC2)c2nc([S+](C)[O-])ncc12. The molecule has 1 fully saturated rings. The van der Waals surface area contributed by atoms with Gasteiger partial charge in [-0.15, -0.1) is 0 Å². The molecule has 8 nitrogen and oxygen atoms in total. The number of aryl methyl sites for hydroxylation is 1. The van der Waals surface area contributed by atoms with Crippen LogP contribution in [0, 0.1) is 6.92 Å². The van der Waals surface area contributed by atoms with Crippen molar-refractivity contribution in [1.82, 2.24) is 24.7 Å². The fourth-order valence-corrected chi connectivity index (χ4v) is 4.08. The van der Waals surface area contributed by atoms with Crippen molar-refractivity contribution < 1.29 is 22.2 Å². The van der Waals surface area contributed by atoms with E-state index >= 15 is 0 Å². The molecule has 12 heteroatoms. The molecule has 1 aliphatic carbocycles. The zero-order valence-corrected chi connectivity index (χ0v) is 16.3. The van der Waals surface area contributed by atoms with Crippen molar-refractivity contribution in [3.8, 4) is 11.4 Å². The largest absolute Gasteiger partial charge is 0.609 e. The molecule has 3 aromatic rings. The van der Waals surface area contributed by atoms with Gasteiger partial charge in [0.1, 0.15) is 6.26 Å². The summed E-state index contributed by atoms with van der Waals surface area (Å²) in [4.78, 5) is 25.1. The molecule has 4 rings (SSSR count). The van der Waals surface area contributed by atoms with E-state index in [1.165, 1.54) is 17.0 Å². The smallest absolute Gasteiger partial charge is 0.471 e. The monoisotopic (exact) mass is 427 g/mol. The summed E-state index contributed by atoms with van der Waals surface area (Å²) in [7, 11) is 0. The van der Waals surface area contributed by atoms with Crippen LogP contribution in [0.25, 0.3) is 22.4 Å². The number of fused-ring (bicyclic) bond motifs is 1. The molecule has 0 amide bonds. The van der Waals surface area contributed by atoms with Crippen LogP contribution in [0.15, 0.2) is 20.7 Å². The normalized spacial score (nSPS) is 16.6. The van der Waals surface area contributed by atoms with Crippen molar-refractivity contribution in [2.24, 2.45) is 0 Å². The number of hydrogen-bond acceptors (Lipinski definition) is 7. The maximum Gasteiger partial charge on any atom is 0.471 e. The summed E-state index contributed by atoms with van der Waals surface area (Å²) < 4.78 is 56.3. The maximum atomic E-state index is 13.4. The number of nitrogens with zero attached hydrogens (tertiary/aromatic N) is 5. The van der Waals surface area contributed by atoms with E-state index in [4.69, 9.17) is 0 Å². The number of aromatic nitrogens is 5. The van der Waals surface area contributed by atoms with Gasteiger partial charge in [-0.05, 0) is 25.3 Å². The standard InChI is InChI=1S/C17H16F3N5O3S/c1-8-10-7-21-16(29(2)27)23-13(10)25(9-5-3-4-6-9)14(26)11(8)12-22-15(28-24-12)17(18,19)20/h7,9H,3-6H2,1-2H3. The van der Waals surface area contributed by atoms with Gasteiger partial charge < -0.3 is 9.08 Å². The second kappa shape index (κ2) is 7.10. The van der Waals surface area contributed by atoms with Gasteiger partial charge in [-0.2, -0.15) is 28.1 Å². The molecule has 0 aromatic carbocycles.